The van der Waals surface area contributed by atoms with Crippen molar-refractivity contribution in [2.24, 2.45) is 0 Å². The number of benzene rings is 2. The van der Waals surface area contributed by atoms with E-state index in [1.165, 1.54) is 37.4 Å². The number of nitro groups is 1. The SMILES string of the molecule is COC(=O)c1ccc(NC(=O)COn2nnc3ccc([N+](=O)[O-])cc32)cc1. The molecule has 0 aliphatic heterocycles. The molecule has 2 aromatic carbocycles. The highest BCUT2D eigenvalue weighted by Crippen LogP contribution is 2.18. The second kappa shape index (κ2) is 7.47. The van der Waals surface area contributed by atoms with E-state index in [0.717, 1.165) is 4.85 Å². The van der Waals surface area contributed by atoms with E-state index in [4.69, 9.17) is 4.84 Å². The predicted molar refractivity (Wildman–Crippen MR) is 92.0 cm³/mol. The largest absolute Gasteiger partial charge is 0.465 e. The number of nitro benzene ring substituents is 1. The molecule has 0 saturated heterocycles. The number of anilines is 1. The van der Waals surface area contributed by atoms with Gasteiger partial charge in [0.1, 0.15) is 11.0 Å². The Morgan fingerprint density at radius 2 is 1.96 bits per heavy atom. The summed E-state index contributed by atoms with van der Waals surface area (Å²) < 4.78 is 4.59. The van der Waals surface area contributed by atoms with E-state index in [1.54, 1.807) is 12.1 Å². The molecule has 27 heavy (non-hydrogen) atoms. The maximum Gasteiger partial charge on any atom is 0.337 e. The van der Waals surface area contributed by atoms with Gasteiger partial charge in [0, 0.05) is 17.8 Å². The number of hydrogen-bond acceptors (Lipinski definition) is 8. The average molecular weight is 371 g/mol. The zero-order valence-electron chi connectivity index (χ0n) is 14.0. The van der Waals surface area contributed by atoms with E-state index in [9.17, 15) is 19.7 Å². The second-order valence-corrected chi connectivity index (χ2v) is 5.28. The predicted octanol–water partition coefficient (Wildman–Crippen LogP) is 1.19. The van der Waals surface area contributed by atoms with E-state index < -0.39 is 23.4 Å². The van der Waals surface area contributed by atoms with Gasteiger partial charge in [0.15, 0.2) is 6.61 Å². The first-order chi connectivity index (χ1) is 13.0. The molecule has 0 atom stereocenters. The molecular formula is C16H13N5O6. The molecule has 0 aliphatic rings. The Balaban J connectivity index is 1.64. The van der Waals surface area contributed by atoms with Crippen LogP contribution in [-0.2, 0) is 9.53 Å². The van der Waals surface area contributed by atoms with Crippen LogP contribution in [0.25, 0.3) is 11.0 Å². The Hall–Kier alpha value is -4.02. The summed E-state index contributed by atoms with van der Waals surface area (Å²) in [7, 11) is 1.28. The van der Waals surface area contributed by atoms with Crippen LogP contribution in [-0.4, -0.2) is 45.7 Å². The molecule has 138 valence electrons. The molecule has 11 heteroatoms. The summed E-state index contributed by atoms with van der Waals surface area (Å²) in [6, 6.07) is 10.1. The van der Waals surface area contributed by atoms with Crippen molar-refractivity contribution in [2.45, 2.75) is 0 Å². The van der Waals surface area contributed by atoms with E-state index in [1.807, 2.05) is 0 Å². The lowest BCUT2D eigenvalue weighted by Crippen LogP contribution is -2.26. The summed E-state index contributed by atoms with van der Waals surface area (Å²) in [6.45, 7) is -0.403. The third-order valence-corrected chi connectivity index (χ3v) is 3.52. The minimum atomic E-state index is -0.554. The third kappa shape index (κ3) is 3.98. The smallest absolute Gasteiger partial charge is 0.337 e. The van der Waals surface area contributed by atoms with Crippen molar-refractivity contribution in [2.75, 3.05) is 19.0 Å². The van der Waals surface area contributed by atoms with Gasteiger partial charge in [-0.1, -0.05) is 4.85 Å². The summed E-state index contributed by atoms with van der Waals surface area (Å²) in [5.74, 6) is -0.974. The monoisotopic (exact) mass is 371 g/mol. The Labute approximate surface area is 151 Å². The fourth-order valence-corrected chi connectivity index (χ4v) is 2.22. The highest BCUT2D eigenvalue weighted by Gasteiger charge is 2.13. The number of fused-ring (bicyclic) bond motifs is 1. The molecule has 0 radical (unpaired) electrons. The topological polar surface area (TPSA) is 138 Å². The number of nitrogens with zero attached hydrogens (tertiary/aromatic N) is 4. The number of carbonyl (C=O) groups is 2. The van der Waals surface area contributed by atoms with Crippen molar-refractivity contribution in [3.8, 4) is 0 Å². The van der Waals surface area contributed by atoms with Crippen molar-refractivity contribution in [3.05, 3.63) is 58.1 Å². The zero-order chi connectivity index (χ0) is 19.4. The number of carbonyl (C=O) groups excluding carboxylic acids is 2. The summed E-state index contributed by atoms with van der Waals surface area (Å²) in [6.07, 6.45) is 0. The van der Waals surface area contributed by atoms with Crippen LogP contribution in [0.5, 0.6) is 0 Å². The van der Waals surface area contributed by atoms with E-state index in [0.29, 0.717) is 16.8 Å². The normalized spacial score (nSPS) is 10.4. The quantitative estimate of drug-likeness (QED) is 0.387. The summed E-state index contributed by atoms with van der Waals surface area (Å²) in [5.41, 5.74) is 1.31. The minimum absolute atomic E-state index is 0.148. The molecule has 3 aromatic rings. The number of esters is 1. The van der Waals surface area contributed by atoms with Gasteiger partial charge in [-0.3, -0.25) is 14.9 Å². The lowest BCUT2D eigenvalue weighted by Gasteiger charge is -2.07. The first-order valence-corrected chi connectivity index (χ1v) is 7.59. The molecule has 1 aromatic heterocycles. The Morgan fingerprint density at radius 1 is 1.22 bits per heavy atom. The summed E-state index contributed by atoms with van der Waals surface area (Å²) in [5, 5.41) is 20.9. The van der Waals surface area contributed by atoms with Gasteiger partial charge >= 0.3 is 5.97 Å². The van der Waals surface area contributed by atoms with Crippen LogP contribution in [0.3, 0.4) is 0 Å². The maximum atomic E-state index is 12.0. The number of nitrogens with one attached hydrogen (secondary N) is 1. The maximum absolute atomic E-state index is 12.0. The number of methoxy groups -OCH3 is 1. The van der Waals surface area contributed by atoms with Crippen molar-refractivity contribution >= 4 is 34.3 Å². The minimum Gasteiger partial charge on any atom is -0.465 e. The van der Waals surface area contributed by atoms with Gasteiger partial charge < -0.3 is 14.9 Å². The van der Waals surface area contributed by atoms with Crippen molar-refractivity contribution in [3.63, 3.8) is 0 Å². The molecule has 0 spiro atoms. The fraction of sp³-hybridized carbons (Fsp3) is 0.125. The summed E-state index contributed by atoms with van der Waals surface area (Å²) in [4.78, 5) is 39.9. The fourth-order valence-electron chi connectivity index (χ4n) is 2.22. The standard InChI is InChI=1S/C16H13N5O6/c1-26-16(23)10-2-4-11(5-3-10)17-15(22)9-27-20-14-8-12(21(24)25)6-7-13(14)18-19-20/h2-8H,9H2,1H3,(H,17,22). The van der Waals surface area contributed by atoms with E-state index >= 15 is 0 Å². The van der Waals surface area contributed by atoms with Gasteiger partial charge in [-0.2, -0.15) is 0 Å². The Morgan fingerprint density at radius 3 is 2.63 bits per heavy atom. The first kappa shape index (κ1) is 17.8. The molecule has 0 aliphatic carbocycles. The number of aromatic nitrogens is 3. The highest BCUT2D eigenvalue weighted by atomic mass is 16.7. The molecule has 1 amide bonds. The Bertz CT molecular complexity index is 1010. The van der Waals surface area contributed by atoms with Gasteiger partial charge in [-0.05, 0) is 35.5 Å². The Kier molecular flexibility index (Phi) is 4.92. The molecule has 0 fully saturated rings. The lowest BCUT2D eigenvalue weighted by molar-refractivity contribution is -0.384. The van der Waals surface area contributed by atoms with Gasteiger partial charge in [-0.25, -0.2) is 4.79 Å². The molecule has 0 bridgehead atoms. The van der Waals surface area contributed by atoms with Crippen molar-refractivity contribution in [1.82, 2.24) is 15.2 Å². The van der Waals surface area contributed by atoms with Crippen molar-refractivity contribution < 1.29 is 24.1 Å². The highest BCUT2D eigenvalue weighted by molar-refractivity contribution is 5.93. The van der Waals surface area contributed by atoms with Gasteiger partial charge in [0.25, 0.3) is 11.6 Å². The number of rotatable bonds is 6. The lowest BCUT2D eigenvalue weighted by atomic mass is 10.2. The van der Waals surface area contributed by atoms with Crippen LogP contribution in [0.2, 0.25) is 0 Å². The van der Waals surface area contributed by atoms with Crippen molar-refractivity contribution in [1.29, 1.82) is 0 Å². The number of non-ortho nitro benzene ring substituents is 1. The first-order valence-electron chi connectivity index (χ1n) is 7.59. The average Bonchev–Trinajstić information content (AvgIpc) is 3.08. The second-order valence-electron chi connectivity index (χ2n) is 5.28. The number of ether oxygens (including phenoxy) is 1. The van der Waals surface area contributed by atoms with Crippen LogP contribution in [0.15, 0.2) is 42.5 Å². The molecule has 0 unspecified atom stereocenters. The number of hydrogen-bond donors (Lipinski definition) is 1. The van der Waals surface area contributed by atoms with Gasteiger partial charge in [0.2, 0.25) is 0 Å². The summed E-state index contributed by atoms with van der Waals surface area (Å²) >= 11 is 0. The molecule has 1 N–H and O–H groups in total. The molecular weight excluding hydrogens is 358 g/mol. The third-order valence-electron chi connectivity index (χ3n) is 3.52. The molecule has 3 rings (SSSR count). The molecule has 0 saturated carbocycles. The van der Waals surface area contributed by atoms with Gasteiger partial charge in [0.05, 0.1) is 17.6 Å². The van der Waals surface area contributed by atoms with E-state index in [-0.39, 0.29) is 11.2 Å². The molecule has 1 heterocycles. The van der Waals surface area contributed by atoms with Crippen LogP contribution in [0.4, 0.5) is 11.4 Å². The zero-order valence-corrected chi connectivity index (χ0v) is 14.0. The van der Waals surface area contributed by atoms with Crippen LogP contribution in [0.1, 0.15) is 10.4 Å². The van der Waals surface area contributed by atoms with E-state index in [2.05, 4.69) is 20.4 Å². The number of amides is 1. The van der Waals surface area contributed by atoms with Gasteiger partial charge in [-0.15, -0.1) is 5.10 Å². The van der Waals surface area contributed by atoms with Crippen LogP contribution >= 0.6 is 0 Å². The van der Waals surface area contributed by atoms with Crippen LogP contribution < -0.4 is 10.2 Å². The van der Waals surface area contributed by atoms with Crippen LogP contribution in [0, 0.1) is 10.1 Å². The molecule has 11 nitrogen and oxygen atoms in total.